The highest BCUT2D eigenvalue weighted by molar-refractivity contribution is 5.74. The molecule has 134 valence electrons. The Hall–Kier alpha value is -1.62. The monoisotopic (exact) mass is 333 g/mol. The number of aromatic nitrogens is 1. The Morgan fingerprint density at radius 3 is 2.79 bits per heavy atom. The third kappa shape index (κ3) is 5.78. The Morgan fingerprint density at radius 2 is 2.12 bits per heavy atom. The van der Waals surface area contributed by atoms with Crippen LogP contribution in [0.15, 0.2) is 24.4 Å². The lowest BCUT2D eigenvalue weighted by molar-refractivity contribution is 0.188. The van der Waals surface area contributed by atoms with Crippen molar-refractivity contribution in [3.8, 4) is 0 Å². The van der Waals surface area contributed by atoms with Gasteiger partial charge in [0.2, 0.25) is 0 Å². The zero-order chi connectivity index (χ0) is 17.4. The molecule has 5 heteroatoms. The molecule has 24 heavy (non-hydrogen) atoms. The zero-order valence-electron chi connectivity index (χ0n) is 14.9. The van der Waals surface area contributed by atoms with Crippen molar-refractivity contribution < 1.29 is 9.90 Å². The summed E-state index contributed by atoms with van der Waals surface area (Å²) in [4.78, 5) is 16.5. The Labute approximate surface area is 145 Å². The number of aliphatic hydroxyl groups excluding tert-OH is 1. The van der Waals surface area contributed by atoms with Crippen molar-refractivity contribution in [1.82, 2.24) is 15.6 Å². The average Bonchev–Trinajstić information content (AvgIpc) is 2.59. The first-order valence-corrected chi connectivity index (χ1v) is 9.15. The molecule has 0 aromatic carbocycles. The van der Waals surface area contributed by atoms with E-state index in [9.17, 15) is 9.90 Å². The van der Waals surface area contributed by atoms with E-state index in [0.29, 0.717) is 24.8 Å². The van der Waals surface area contributed by atoms with E-state index in [4.69, 9.17) is 0 Å². The van der Waals surface area contributed by atoms with Gasteiger partial charge in [0.15, 0.2) is 0 Å². The number of pyridine rings is 1. The van der Waals surface area contributed by atoms with Gasteiger partial charge >= 0.3 is 6.03 Å². The van der Waals surface area contributed by atoms with E-state index in [1.165, 1.54) is 19.3 Å². The van der Waals surface area contributed by atoms with Gasteiger partial charge in [-0.2, -0.15) is 0 Å². The van der Waals surface area contributed by atoms with E-state index in [1.807, 2.05) is 18.2 Å². The molecule has 1 aromatic rings. The van der Waals surface area contributed by atoms with Crippen LogP contribution in [0.5, 0.6) is 0 Å². The van der Waals surface area contributed by atoms with E-state index >= 15 is 0 Å². The highest BCUT2D eigenvalue weighted by atomic mass is 16.3. The zero-order valence-corrected chi connectivity index (χ0v) is 14.9. The molecule has 3 atom stereocenters. The van der Waals surface area contributed by atoms with E-state index < -0.39 is 0 Å². The first kappa shape index (κ1) is 18.7. The molecule has 2 rings (SSSR count). The van der Waals surface area contributed by atoms with Crippen LogP contribution in [-0.4, -0.2) is 35.3 Å². The average molecular weight is 333 g/mol. The molecule has 1 fully saturated rings. The molecule has 1 aromatic heterocycles. The number of hydrogen-bond acceptors (Lipinski definition) is 3. The van der Waals surface area contributed by atoms with Crippen LogP contribution in [0.4, 0.5) is 4.79 Å². The van der Waals surface area contributed by atoms with E-state index in [-0.39, 0.29) is 24.6 Å². The largest absolute Gasteiger partial charge is 0.396 e. The molecule has 0 saturated heterocycles. The minimum absolute atomic E-state index is 0.0158. The predicted octanol–water partition coefficient (Wildman–Crippen LogP) is 2.75. The second kappa shape index (κ2) is 9.62. The van der Waals surface area contributed by atoms with Crippen LogP contribution < -0.4 is 10.6 Å². The first-order valence-electron chi connectivity index (χ1n) is 9.15. The van der Waals surface area contributed by atoms with Crippen LogP contribution in [0.25, 0.3) is 0 Å². The number of nitrogens with one attached hydrogen (secondary N) is 2. The smallest absolute Gasteiger partial charge is 0.315 e. The number of urea groups is 1. The van der Waals surface area contributed by atoms with Crippen LogP contribution in [0.1, 0.15) is 45.2 Å². The fourth-order valence-electron chi connectivity index (χ4n) is 3.61. The highest BCUT2D eigenvalue weighted by Crippen LogP contribution is 2.30. The molecule has 1 aliphatic rings. The third-order valence-corrected chi connectivity index (χ3v) is 5.03. The molecule has 3 unspecified atom stereocenters. The molecular weight excluding hydrogens is 302 g/mol. The minimum Gasteiger partial charge on any atom is -0.396 e. The standard InChI is InChI=1S/C19H31N3O2/c1-14(2)17-8-3-4-9-18(17)22-19(24)21-12-15(13-23)11-16-7-5-6-10-20-16/h5-7,10,14-15,17-18,23H,3-4,8-9,11-13H2,1-2H3,(H2,21,22,24). The summed E-state index contributed by atoms with van der Waals surface area (Å²) in [6, 6.07) is 5.90. The summed E-state index contributed by atoms with van der Waals surface area (Å²) in [5.41, 5.74) is 0.936. The summed E-state index contributed by atoms with van der Waals surface area (Å²) in [7, 11) is 0. The fraction of sp³-hybridized carbons (Fsp3) is 0.684. The van der Waals surface area contributed by atoms with Gasteiger partial charge in [0.1, 0.15) is 0 Å². The van der Waals surface area contributed by atoms with Gasteiger partial charge in [-0.1, -0.05) is 32.8 Å². The Bertz CT molecular complexity index is 493. The van der Waals surface area contributed by atoms with Crippen LogP contribution in [0.2, 0.25) is 0 Å². The van der Waals surface area contributed by atoms with Gasteiger partial charge in [-0.3, -0.25) is 4.98 Å². The maximum Gasteiger partial charge on any atom is 0.315 e. The lowest BCUT2D eigenvalue weighted by Crippen LogP contribution is -2.49. The SMILES string of the molecule is CC(C)C1CCCCC1NC(=O)NCC(CO)Cc1ccccn1. The molecule has 5 nitrogen and oxygen atoms in total. The van der Waals surface area contributed by atoms with Gasteiger partial charge in [-0.05, 0) is 43.2 Å². The molecule has 1 aliphatic carbocycles. The lowest BCUT2D eigenvalue weighted by Gasteiger charge is -2.35. The van der Waals surface area contributed by atoms with Crippen molar-refractivity contribution in [2.75, 3.05) is 13.2 Å². The molecule has 0 spiro atoms. The number of aliphatic hydroxyl groups is 1. The van der Waals surface area contributed by atoms with Crippen LogP contribution in [0, 0.1) is 17.8 Å². The van der Waals surface area contributed by atoms with E-state index in [0.717, 1.165) is 12.1 Å². The lowest BCUT2D eigenvalue weighted by atomic mass is 9.78. The summed E-state index contributed by atoms with van der Waals surface area (Å²) in [5.74, 6) is 1.13. The summed E-state index contributed by atoms with van der Waals surface area (Å²) >= 11 is 0. The molecule has 3 N–H and O–H groups in total. The maximum atomic E-state index is 12.2. The molecule has 1 heterocycles. The van der Waals surface area contributed by atoms with Crippen molar-refractivity contribution >= 4 is 6.03 Å². The molecule has 0 radical (unpaired) electrons. The van der Waals surface area contributed by atoms with Crippen molar-refractivity contribution in [3.63, 3.8) is 0 Å². The van der Waals surface area contributed by atoms with Crippen molar-refractivity contribution in [2.45, 2.75) is 52.0 Å². The second-order valence-corrected chi connectivity index (χ2v) is 7.23. The Balaban J connectivity index is 1.78. The minimum atomic E-state index is -0.118. The van der Waals surface area contributed by atoms with Gasteiger partial charge in [0.25, 0.3) is 0 Å². The molecule has 1 saturated carbocycles. The summed E-state index contributed by atoms with van der Waals surface area (Å²) in [6.07, 6.45) is 7.12. The van der Waals surface area contributed by atoms with Crippen LogP contribution >= 0.6 is 0 Å². The third-order valence-electron chi connectivity index (χ3n) is 5.03. The maximum absolute atomic E-state index is 12.2. The van der Waals surface area contributed by atoms with Crippen molar-refractivity contribution in [2.24, 2.45) is 17.8 Å². The second-order valence-electron chi connectivity index (χ2n) is 7.23. The van der Waals surface area contributed by atoms with E-state index in [2.05, 4.69) is 29.5 Å². The number of carbonyl (C=O) groups excluding carboxylic acids is 1. The van der Waals surface area contributed by atoms with Gasteiger partial charge in [0.05, 0.1) is 0 Å². The Morgan fingerprint density at radius 1 is 1.33 bits per heavy atom. The first-order chi connectivity index (χ1) is 11.6. The molecule has 0 aliphatic heterocycles. The highest BCUT2D eigenvalue weighted by Gasteiger charge is 2.28. The van der Waals surface area contributed by atoms with Crippen molar-refractivity contribution in [1.29, 1.82) is 0 Å². The van der Waals surface area contributed by atoms with Gasteiger partial charge in [0, 0.05) is 37.0 Å². The summed E-state index contributed by atoms with van der Waals surface area (Å²) in [5, 5.41) is 15.6. The molecule has 2 amide bonds. The predicted molar refractivity (Wildman–Crippen MR) is 95.6 cm³/mol. The summed E-state index contributed by atoms with van der Waals surface area (Å²) < 4.78 is 0. The van der Waals surface area contributed by atoms with E-state index in [1.54, 1.807) is 6.20 Å². The molecule has 0 bridgehead atoms. The number of amides is 2. The quantitative estimate of drug-likeness (QED) is 0.718. The normalized spacial score (nSPS) is 22.2. The van der Waals surface area contributed by atoms with Crippen LogP contribution in [0.3, 0.4) is 0 Å². The number of nitrogens with zero attached hydrogens (tertiary/aromatic N) is 1. The van der Waals surface area contributed by atoms with Crippen molar-refractivity contribution in [3.05, 3.63) is 30.1 Å². The fourth-order valence-corrected chi connectivity index (χ4v) is 3.61. The van der Waals surface area contributed by atoms with Gasteiger partial charge in [-0.15, -0.1) is 0 Å². The van der Waals surface area contributed by atoms with Gasteiger partial charge in [-0.25, -0.2) is 4.79 Å². The topological polar surface area (TPSA) is 74.2 Å². The number of carbonyl (C=O) groups is 1. The van der Waals surface area contributed by atoms with Gasteiger partial charge < -0.3 is 15.7 Å². The summed E-state index contributed by atoms with van der Waals surface area (Å²) in [6.45, 7) is 4.96. The number of hydrogen-bond donors (Lipinski definition) is 3. The van der Waals surface area contributed by atoms with Crippen LogP contribution in [-0.2, 0) is 6.42 Å². The molecular formula is C19H31N3O2. The Kier molecular flexibility index (Phi) is 7.50. The number of rotatable bonds is 7.